The van der Waals surface area contributed by atoms with Crippen molar-refractivity contribution in [1.82, 2.24) is 0 Å². The molecule has 2 heteroatoms. The molecule has 0 bridgehead atoms. The van der Waals surface area contributed by atoms with Gasteiger partial charge in [-0.1, -0.05) is 35.9 Å². The van der Waals surface area contributed by atoms with E-state index in [1.165, 1.54) is 18.2 Å². The maximum absolute atomic E-state index is 12.8. The molecule has 0 saturated carbocycles. The molecule has 19 heavy (non-hydrogen) atoms. The second-order valence-electron chi connectivity index (χ2n) is 4.57. The average molecular weight is 254 g/mol. The van der Waals surface area contributed by atoms with Gasteiger partial charge in [-0.25, -0.2) is 4.39 Å². The van der Waals surface area contributed by atoms with Gasteiger partial charge in [-0.15, -0.1) is 0 Å². The molecular formula is C17H15FO. The third-order valence-corrected chi connectivity index (χ3v) is 2.96. The second kappa shape index (κ2) is 5.61. The first-order valence-corrected chi connectivity index (χ1v) is 6.11. The van der Waals surface area contributed by atoms with E-state index in [1.807, 2.05) is 32.0 Å². The maximum atomic E-state index is 12.8. The molecule has 2 rings (SSSR count). The SMILES string of the molecule is Cc1ccc(C)c(C(=O)C=Cc2ccc(F)cc2)c1. The minimum absolute atomic E-state index is 0.0366. The van der Waals surface area contributed by atoms with Crippen molar-refractivity contribution in [3.05, 3.63) is 76.6 Å². The van der Waals surface area contributed by atoms with Crippen molar-refractivity contribution in [3.63, 3.8) is 0 Å². The Morgan fingerprint density at radius 3 is 2.42 bits per heavy atom. The molecule has 0 radical (unpaired) electrons. The summed E-state index contributed by atoms with van der Waals surface area (Å²) in [4.78, 5) is 12.1. The van der Waals surface area contributed by atoms with Gasteiger partial charge < -0.3 is 0 Å². The Morgan fingerprint density at radius 2 is 1.74 bits per heavy atom. The highest BCUT2D eigenvalue weighted by molar-refractivity contribution is 6.07. The van der Waals surface area contributed by atoms with E-state index in [4.69, 9.17) is 0 Å². The lowest BCUT2D eigenvalue weighted by atomic mass is 10.0. The number of hydrogen-bond donors (Lipinski definition) is 0. The largest absolute Gasteiger partial charge is 0.289 e. The molecule has 1 nitrogen and oxygen atoms in total. The molecule has 0 aliphatic heterocycles. The molecular weight excluding hydrogens is 239 g/mol. The first kappa shape index (κ1) is 13.2. The Labute approximate surface area is 112 Å². The number of benzene rings is 2. The third kappa shape index (κ3) is 3.38. The van der Waals surface area contributed by atoms with Crippen LogP contribution in [0.25, 0.3) is 6.08 Å². The topological polar surface area (TPSA) is 17.1 Å². The smallest absolute Gasteiger partial charge is 0.186 e. The number of ketones is 1. The van der Waals surface area contributed by atoms with Gasteiger partial charge in [-0.05, 0) is 49.2 Å². The molecule has 0 aromatic heterocycles. The highest BCUT2D eigenvalue weighted by atomic mass is 19.1. The van der Waals surface area contributed by atoms with Gasteiger partial charge in [0.2, 0.25) is 0 Å². The summed E-state index contributed by atoms with van der Waals surface area (Å²) in [5.41, 5.74) is 3.53. The summed E-state index contributed by atoms with van der Waals surface area (Å²) < 4.78 is 12.8. The number of rotatable bonds is 3. The van der Waals surface area contributed by atoms with Crippen molar-refractivity contribution in [3.8, 4) is 0 Å². The van der Waals surface area contributed by atoms with Gasteiger partial charge in [0, 0.05) is 5.56 Å². The van der Waals surface area contributed by atoms with Crippen molar-refractivity contribution in [2.24, 2.45) is 0 Å². The molecule has 96 valence electrons. The molecule has 0 aliphatic carbocycles. The molecule has 2 aromatic rings. The van der Waals surface area contributed by atoms with E-state index in [0.29, 0.717) is 5.56 Å². The second-order valence-corrected chi connectivity index (χ2v) is 4.57. The normalized spacial score (nSPS) is 10.9. The Morgan fingerprint density at radius 1 is 1.05 bits per heavy atom. The zero-order valence-electron chi connectivity index (χ0n) is 11.0. The van der Waals surface area contributed by atoms with E-state index in [1.54, 1.807) is 18.2 Å². The summed E-state index contributed by atoms with van der Waals surface area (Å²) in [6.07, 6.45) is 3.22. The minimum atomic E-state index is -0.280. The van der Waals surface area contributed by atoms with Gasteiger partial charge >= 0.3 is 0 Å². The van der Waals surface area contributed by atoms with Crippen LogP contribution < -0.4 is 0 Å². The van der Waals surface area contributed by atoms with E-state index in [0.717, 1.165) is 16.7 Å². The van der Waals surface area contributed by atoms with Crippen LogP contribution in [0, 0.1) is 19.7 Å². The molecule has 2 aromatic carbocycles. The Kier molecular flexibility index (Phi) is 3.91. The van der Waals surface area contributed by atoms with Gasteiger partial charge in [-0.3, -0.25) is 4.79 Å². The van der Waals surface area contributed by atoms with Gasteiger partial charge in [0.05, 0.1) is 0 Å². The number of halogens is 1. The first-order valence-electron chi connectivity index (χ1n) is 6.11. The number of carbonyl (C=O) groups is 1. The molecule has 0 saturated heterocycles. The van der Waals surface area contributed by atoms with Crippen LogP contribution in [0.3, 0.4) is 0 Å². The van der Waals surface area contributed by atoms with E-state index >= 15 is 0 Å². The summed E-state index contributed by atoms with van der Waals surface area (Å²) in [7, 11) is 0. The molecule has 0 spiro atoms. The van der Waals surface area contributed by atoms with E-state index < -0.39 is 0 Å². The van der Waals surface area contributed by atoms with Crippen LogP contribution in [0.15, 0.2) is 48.5 Å². The summed E-state index contributed by atoms with van der Waals surface area (Å²) in [5.74, 6) is -0.316. The lowest BCUT2D eigenvalue weighted by Crippen LogP contribution is -1.98. The molecule has 0 fully saturated rings. The summed E-state index contributed by atoms with van der Waals surface area (Å²) in [6.45, 7) is 3.87. The summed E-state index contributed by atoms with van der Waals surface area (Å²) in [6, 6.07) is 11.8. The highest BCUT2D eigenvalue weighted by Crippen LogP contribution is 2.13. The Hall–Kier alpha value is -2.22. The van der Waals surface area contributed by atoms with Crippen LogP contribution in [0.1, 0.15) is 27.0 Å². The quantitative estimate of drug-likeness (QED) is 0.588. The molecule has 0 aliphatic rings. The molecule has 0 N–H and O–H groups in total. The monoisotopic (exact) mass is 254 g/mol. The van der Waals surface area contributed by atoms with Gasteiger partial charge in [-0.2, -0.15) is 0 Å². The highest BCUT2D eigenvalue weighted by Gasteiger charge is 2.05. The predicted octanol–water partition coefficient (Wildman–Crippen LogP) is 4.34. The fraction of sp³-hybridized carbons (Fsp3) is 0.118. The number of carbonyl (C=O) groups excluding carboxylic acids is 1. The van der Waals surface area contributed by atoms with Crippen LogP contribution in [0.4, 0.5) is 4.39 Å². The summed E-state index contributed by atoms with van der Waals surface area (Å²) in [5, 5.41) is 0. The van der Waals surface area contributed by atoms with Crippen molar-refractivity contribution < 1.29 is 9.18 Å². The Balaban J connectivity index is 2.21. The standard InChI is InChI=1S/C17H15FO/c1-12-3-4-13(2)16(11-12)17(19)10-7-14-5-8-15(18)9-6-14/h3-11H,1-2H3. The average Bonchev–Trinajstić information content (AvgIpc) is 2.40. The predicted molar refractivity (Wildman–Crippen MR) is 75.7 cm³/mol. The first-order chi connectivity index (χ1) is 9.06. The van der Waals surface area contributed by atoms with E-state index in [2.05, 4.69) is 0 Å². The number of aryl methyl sites for hydroxylation is 2. The van der Waals surface area contributed by atoms with Crippen LogP contribution >= 0.6 is 0 Å². The van der Waals surface area contributed by atoms with Crippen LogP contribution in [-0.4, -0.2) is 5.78 Å². The lowest BCUT2D eigenvalue weighted by Gasteiger charge is -2.03. The summed E-state index contributed by atoms with van der Waals surface area (Å²) >= 11 is 0. The fourth-order valence-corrected chi connectivity index (χ4v) is 1.84. The Bertz CT molecular complexity index is 624. The van der Waals surface area contributed by atoms with E-state index in [9.17, 15) is 9.18 Å². The van der Waals surface area contributed by atoms with Gasteiger partial charge in [0.15, 0.2) is 5.78 Å². The van der Waals surface area contributed by atoms with Gasteiger partial charge in [0.25, 0.3) is 0 Å². The van der Waals surface area contributed by atoms with Crippen LogP contribution in [0.2, 0.25) is 0 Å². The zero-order valence-corrected chi connectivity index (χ0v) is 11.0. The lowest BCUT2D eigenvalue weighted by molar-refractivity contribution is 0.104. The zero-order chi connectivity index (χ0) is 13.8. The molecule has 0 unspecified atom stereocenters. The molecule has 0 amide bonds. The van der Waals surface area contributed by atoms with Gasteiger partial charge in [0.1, 0.15) is 5.82 Å². The number of allylic oxidation sites excluding steroid dienone is 1. The minimum Gasteiger partial charge on any atom is -0.289 e. The van der Waals surface area contributed by atoms with Crippen molar-refractivity contribution in [2.75, 3.05) is 0 Å². The number of hydrogen-bond acceptors (Lipinski definition) is 1. The fourth-order valence-electron chi connectivity index (χ4n) is 1.84. The molecule has 0 atom stereocenters. The third-order valence-electron chi connectivity index (χ3n) is 2.96. The molecule has 0 heterocycles. The van der Waals surface area contributed by atoms with Crippen LogP contribution in [0.5, 0.6) is 0 Å². The van der Waals surface area contributed by atoms with Crippen molar-refractivity contribution >= 4 is 11.9 Å². The van der Waals surface area contributed by atoms with Crippen molar-refractivity contribution in [2.45, 2.75) is 13.8 Å². The van der Waals surface area contributed by atoms with E-state index in [-0.39, 0.29) is 11.6 Å². The van der Waals surface area contributed by atoms with Crippen LogP contribution in [-0.2, 0) is 0 Å². The maximum Gasteiger partial charge on any atom is 0.186 e. The van der Waals surface area contributed by atoms with Crippen molar-refractivity contribution in [1.29, 1.82) is 0 Å².